The number of nitrogens with one attached hydrogen (secondary N) is 1. The van der Waals surface area contributed by atoms with Crippen molar-refractivity contribution < 1.29 is 9.47 Å². The van der Waals surface area contributed by atoms with E-state index in [9.17, 15) is 0 Å². The van der Waals surface area contributed by atoms with Crippen molar-refractivity contribution in [3.05, 3.63) is 49.1 Å². The molecule has 2 aromatic carbocycles. The molecule has 7 heteroatoms. The summed E-state index contributed by atoms with van der Waals surface area (Å²) in [6.07, 6.45) is 5.44. The summed E-state index contributed by atoms with van der Waals surface area (Å²) in [5.41, 5.74) is 4.57. The summed E-state index contributed by atoms with van der Waals surface area (Å²) in [5.74, 6) is 1.37. The van der Waals surface area contributed by atoms with Crippen LogP contribution < -0.4 is 9.47 Å². The van der Waals surface area contributed by atoms with Crippen LogP contribution in [0, 0.1) is 0 Å². The van der Waals surface area contributed by atoms with Gasteiger partial charge in [0.1, 0.15) is 11.0 Å². The first-order valence-electron chi connectivity index (χ1n) is 8.33. The second-order valence-electron chi connectivity index (χ2n) is 6.18. The molecule has 0 amide bonds. The maximum Gasteiger partial charge on any atom is 0.162 e. The molecular weight excluding hydrogens is 330 g/mol. The lowest BCUT2D eigenvalue weighted by Gasteiger charge is -2.18. The molecule has 4 aromatic rings. The van der Waals surface area contributed by atoms with Crippen LogP contribution in [-0.2, 0) is 0 Å². The maximum atomic E-state index is 5.96. The summed E-state index contributed by atoms with van der Waals surface area (Å²) in [4.78, 5) is 4.16. The van der Waals surface area contributed by atoms with E-state index < -0.39 is 0 Å². The minimum atomic E-state index is 0.0360. The van der Waals surface area contributed by atoms with E-state index in [1.807, 2.05) is 54.9 Å². The molecule has 132 valence electrons. The first-order chi connectivity index (χ1) is 12.7. The molecule has 0 spiro atoms. The second kappa shape index (κ2) is 6.51. The van der Waals surface area contributed by atoms with Gasteiger partial charge in [-0.1, -0.05) is 6.07 Å². The van der Waals surface area contributed by atoms with Crippen LogP contribution in [0.1, 0.15) is 13.8 Å². The van der Waals surface area contributed by atoms with Gasteiger partial charge in [-0.15, -0.1) is 0 Å². The van der Waals surface area contributed by atoms with Crippen LogP contribution in [0.25, 0.3) is 27.8 Å². The predicted octanol–water partition coefficient (Wildman–Crippen LogP) is 3.61. The summed E-state index contributed by atoms with van der Waals surface area (Å²) in [6, 6.07) is 9.92. The van der Waals surface area contributed by atoms with Gasteiger partial charge in [-0.3, -0.25) is 0 Å². The third-order valence-corrected chi connectivity index (χ3v) is 4.05. The number of hydrogen-bond donors (Lipinski definition) is 1. The molecule has 0 saturated heterocycles. The summed E-state index contributed by atoms with van der Waals surface area (Å²) in [7, 11) is 1.64. The molecule has 0 aliphatic carbocycles. The van der Waals surface area contributed by atoms with Gasteiger partial charge in [0.2, 0.25) is 0 Å². The van der Waals surface area contributed by atoms with E-state index in [-0.39, 0.29) is 6.10 Å². The number of H-pyrrole nitrogens is 1. The van der Waals surface area contributed by atoms with Gasteiger partial charge in [-0.25, -0.2) is 4.98 Å². The number of nitrogens with zero attached hydrogens (tertiary/aromatic N) is 4. The van der Waals surface area contributed by atoms with E-state index >= 15 is 0 Å². The van der Waals surface area contributed by atoms with Gasteiger partial charge < -0.3 is 14.0 Å². The first kappa shape index (κ1) is 16.1. The Morgan fingerprint density at radius 2 is 1.88 bits per heavy atom. The van der Waals surface area contributed by atoms with Crippen molar-refractivity contribution in [2.75, 3.05) is 7.11 Å². The average molecular weight is 349 g/mol. The van der Waals surface area contributed by atoms with E-state index in [1.165, 1.54) is 0 Å². The van der Waals surface area contributed by atoms with Crippen LogP contribution in [-0.4, -0.2) is 38.2 Å². The summed E-state index contributed by atoms with van der Waals surface area (Å²) < 4.78 is 13.5. The second-order valence-corrected chi connectivity index (χ2v) is 6.18. The molecule has 4 rings (SSSR count). The van der Waals surface area contributed by atoms with Crippen LogP contribution in [0.3, 0.4) is 0 Å². The van der Waals surface area contributed by atoms with Gasteiger partial charge in [0, 0.05) is 24.0 Å². The molecule has 2 heterocycles. The quantitative estimate of drug-likeness (QED) is 0.595. The largest absolute Gasteiger partial charge is 0.493 e. The molecule has 0 unspecified atom stereocenters. The van der Waals surface area contributed by atoms with Crippen LogP contribution in [0.15, 0.2) is 49.1 Å². The third kappa shape index (κ3) is 2.88. The van der Waals surface area contributed by atoms with E-state index in [1.54, 1.807) is 19.6 Å². The molecule has 0 fully saturated rings. The number of methoxy groups -OCH3 is 1. The smallest absolute Gasteiger partial charge is 0.162 e. The standard InChI is InChI=1S/C19H19N5O2/c1-12(2)26-19-9-14(13-4-5-15-16(8-13)22-23-21-15)17(10-18(19)25-3)24-7-6-20-11-24/h4-12H,1-3H3,(H,21,22,23). The number of aromatic nitrogens is 5. The number of hydrogen-bond acceptors (Lipinski definition) is 5. The van der Waals surface area contributed by atoms with Crippen LogP contribution in [0.5, 0.6) is 11.5 Å². The van der Waals surface area contributed by atoms with E-state index in [2.05, 4.69) is 20.4 Å². The number of imidazole rings is 1. The molecule has 1 N–H and O–H groups in total. The van der Waals surface area contributed by atoms with Gasteiger partial charge >= 0.3 is 0 Å². The minimum Gasteiger partial charge on any atom is -0.493 e. The Labute approximate surface area is 150 Å². The predicted molar refractivity (Wildman–Crippen MR) is 98.8 cm³/mol. The monoisotopic (exact) mass is 349 g/mol. The number of ether oxygens (including phenoxy) is 2. The topological polar surface area (TPSA) is 77.9 Å². The summed E-state index contributed by atoms with van der Waals surface area (Å²) in [5, 5.41) is 11.0. The van der Waals surface area contributed by atoms with Gasteiger partial charge in [0.15, 0.2) is 11.5 Å². The van der Waals surface area contributed by atoms with Crippen molar-refractivity contribution in [3.8, 4) is 28.3 Å². The van der Waals surface area contributed by atoms with Gasteiger partial charge in [-0.05, 0) is 37.6 Å². The van der Waals surface area contributed by atoms with Crippen molar-refractivity contribution in [3.63, 3.8) is 0 Å². The Kier molecular flexibility index (Phi) is 4.04. The fraction of sp³-hybridized carbons (Fsp3) is 0.211. The van der Waals surface area contributed by atoms with Crippen LogP contribution >= 0.6 is 0 Å². The van der Waals surface area contributed by atoms with E-state index in [4.69, 9.17) is 9.47 Å². The lowest BCUT2D eigenvalue weighted by atomic mass is 10.0. The Morgan fingerprint density at radius 3 is 2.62 bits per heavy atom. The van der Waals surface area contributed by atoms with Crippen molar-refractivity contribution in [1.29, 1.82) is 0 Å². The Balaban J connectivity index is 1.94. The number of aromatic amines is 1. The zero-order chi connectivity index (χ0) is 18.1. The highest BCUT2D eigenvalue weighted by molar-refractivity contribution is 5.84. The fourth-order valence-corrected chi connectivity index (χ4v) is 2.91. The lowest BCUT2D eigenvalue weighted by molar-refractivity contribution is 0.230. The number of benzene rings is 2. The normalized spacial score (nSPS) is 11.2. The van der Waals surface area contributed by atoms with Crippen LogP contribution in [0.2, 0.25) is 0 Å². The molecule has 2 aromatic heterocycles. The van der Waals surface area contributed by atoms with Gasteiger partial charge in [-0.2, -0.15) is 15.4 Å². The fourth-order valence-electron chi connectivity index (χ4n) is 2.91. The van der Waals surface area contributed by atoms with Gasteiger partial charge in [0.05, 0.1) is 25.2 Å². The van der Waals surface area contributed by atoms with E-state index in [0.29, 0.717) is 11.5 Å². The molecule has 7 nitrogen and oxygen atoms in total. The molecule has 0 radical (unpaired) electrons. The molecule has 26 heavy (non-hydrogen) atoms. The Hall–Kier alpha value is -3.35. The molecule has 0 bridgehead atoms. The summed E-state index contributed by atoms with van der Waals surface area (Å²) >= 11 is 0. The lowest BCUT2D eigenvalue weighted by Crippen LogP contribution is -2.08. The molecule has 0 aliphatic rings. The Morgan fingerprint density at radius 1 is 1.04 bits per heavy atom. The zero-order valence-corrected chi connectivity index (χ0v) is 14.8. The zero-order valence-electron chi connectivity index (χ0n) is 14.8. The van der Waals surface area contributed by atoms with Crippen molar-refractivity contribution >= 4 is 11.0 Å². The molecular formula is C19H19N5O2. The average Bonchev–Trinajstić information content (AvgIpc) is 3.31. The summed E-state index contributed by atoms with van der Waals surface area (Å²) in [6.45, 7) is 3.98. The minimum absolute atomic E-state index is 0.0360. The number of fused-ring (bicyclic) bond motifs is 1. The van der Waals surface area contributed by atoms with Crippen molar-refractivity contribution in [2.45, 2.75) is 20.0 Å². The molecule has 0 atom stereocenters. The Bertz CT molecular complexity index is 1040. The highest BCUT2D eigenvalue weighted by atomic mass is 16.5. The van der Waals surface area contributed by atoms with Crippen molar-refractivity contribution in [1.82, 2.24) is 25.0 Å². The molecule has 0 saturated carbocycles. The highest BCUT2D eigenvalue weighted by Gasteiger charge is 2.16. The first-order valence-corrected chi connectivity index (χ1v) is 8.33. The van der Waals surface area contributed by atoms with Crippen LogP contribution in [0.4, 0.5) is 0 Å². The molecule has 0 aliphatic heterocycles. The third-order valence-electron chi connectivity index (χ3n) is 4.05. The van der Waals surface area contributed by atoms with Crippen molar-refractivity contribution in [2.24, 2.45) is 0 Å². The van der Waals surface area contributed by atoms with E-state index in [0.717, 1.165) is 27.8 Å². The maximum absolute atomic E-state index is 5.96. The van der Waals surface area contributed by atoms with Gasteiger partial charge in [0.25, 0.3) is 0 Å². The number of rotatable bonds is 5. The highest BCUT2D eigenvalue weighted by Crippen LogP contribution is 2.38. The SMILES string of the molecule is COc1cc(-n2ccnc2)c(-c2ccc3n[nH]nc3c2)cc1OC(C)C.